The van der Waals surface area contributed by atoms with E-state index in [1.165, 1.54) is 12.1 Å². The highest BCUT2D eigenvalue weighted by atomic mass is 19.4. The van der Waals surface area contributed by atoms with Crippen LogP contribution < -0.4 is 10.6 Å². The van der Waals surface area contributed by atoms with E-state index in [1.807, 2.05) is 6.92 Å². The lowest BCUT2D eigenvalue weighted by Gasteiger charge is -2.13. The zero-order chi connectivity index (χ0) is 17.0. The van der Waals surface area contributed by atoms with Gasteiger partial charge in [-0.3, -0.25) is 4.79 Å². The average molecular weight is 326 g/mol. The first-order chi connectivity index (χ1) is 10.8. The largest absolute Gasteiger partial charge is 0.434 e. The van der Waals surface area contributed by atoms with Crippen LogP contribution in [-0.2, 0) is 6.18 Å². The standard InChI is InChI=1S/C15H17F3N4O/c1-10-3-5-11(6-4-10)22-13(15(16,17)18)12(9-21-22)14(23)20-8-7-19-2/h3-6,9,19H,7-8H2,1-2H3,(H,20,23). The monoisotopic (exact) mass is 326 g/mol. The molecular formula is C15H17F3N4O. The summed E-state index contributed by atoms with van der Waals surface area (Å²) in [6.45, 7) is 2.51. The lowest BCUT2D eigenvalue weighted by Crippen LogP contribution is -2.31. The van der Waals surface area contributed by atoms with Crippen molar-refractivity contribution in [1.82, 2.24) is 20.4 Å². The molecule has 1 amide bonds. The Morgan fingerprint density at radius 1 is 1.22 bits per heavy atom. The minimum Gasteiger partial charge on any atom is -0.351 e. The van der Waals surface area contributed by atoms with Gasteiger partial charge in [-0.25, -0.2) is 4.68 Å². The Labute approximate surface area is 131 Å². The van der Waals surface area contributed by atoms with Gasteiger partial charge < -0.3 is 10.6 Å². The van der Waals surface area contributed by atoms with E-state index in [2.05, 4.69) is 15.7 Å². The summed E-state index contributed by atoms with van der Waals surface area (Å²) in [5.41, 5.74) is -0.408. The van der Waals surface area contributed by atoms with Crippen LogP contribution in [-0.4, -0.2) is 35.8 Å². The molecule has 2 aromatic rings. The van der Waals surface area contributed by atoms with Crippen molar-refractivity contribution in [3.63, 3.8) is 0 Å². The third-order valence-corrected chi connectivity index (χ3v) is 3.22. The number of carbonyl (C=O) groups is 1. The average Bonchev–Trinajstić information content (AvgIpc) is 2.93. The summed E-state index contributed by atoms with van der Waals surface area (Å²) in [6, 6.07) is 6.42. The molecule has 0 saturated carbocycles. The number of aryl methyl sites for hydroxylation is 1. The summed E-state index contributed by atoms with van der Waals surface area (Å²) in [4.78, 5) is 12.0. The van der Waals surface area contributed by atoms with Gasteiger partial charge in [0.1, 0.15) is 0 Å². The molecule has 0 spiro atoms. The van der Waals surface area contributed by atoms with Gasteiger partial charge >= 0.3 is 6.18 Å². The second-order valence-corrected chi connectivity index (χ2v) is 5.01. The number of likely N-dealkylation sites (N-methyl/N-ethyl adjacent to an activating group) is 1. The van der Waals surface area contributed by atoms with Crippen molar-refractivity contribution in [3.8, 4) is 5.69 Å². The molecule has 0 aliphatic heterocycles. The second-order valence-electron chi connectivity index (χ2n) is 5.01. The van der Waals surface area contributed by atoms with E-state index >= 15 is 0 Å². The van der Waals surface area contributed by atoms with Crippen LogP contribution in [0.4, 0.5) is 13.2 Å². The van der Waals surface area contributed by atoms with Crippen molar-refractivity contribution >= 4 is 5.91 Å². The molecule has 8 heteroatoms. The van der Waals surface area contributed by atoms with Crippen molar-refractivity contribution in [2.75, 3.05) is 20.1 Å². The van der Waals surface area contributed by atoms with Crippen molar-refractivity contribution in [3.05, 3.63) is 47.3 Å². The van der Waals surface area contributed by atoms with Crippen LogP contribution in [0.3, 0.4) is 0 Å². The Morgan fingerprint density at radius 3 is 2.43 bits per heavy atom. The van der Waals surface area contributed by atoms with Crippen LogP contribution in [0.5, 0.6) is 0 Å². The molecule has 23 heavy (non-hydrogen) atoms. The molecule has 2 rings (SSSR count). The number of nitrogens with zero attached hydrogens (tertiary/aromatic N) is 2. The molecule has 0 aliphatic rings. The van der Waals surface area contributed by atoms with Crippen LogP contribution in [0.25, 0.3) is 5.69 Å². The van der Waals surface area contributed by atoms with Gasteiger partial charge in [0.25, 0.3) is 5.91 Å². The Hall–Kier alpha value is -2.35. The quantitative estimate of drug-likeness (QED) is 0.828. The summed E-state index contributed by atoms with van der Waals surface area (Å²) in [5.74, 6) is -0.800. The van der Waals surface area contributed by atoms with Crippen molar-refractivity contribution in [2.45, 2.75) is 13.1 Å². The number of aromatic nitrogens is 2. The first kappa shape index (κ1) is 17.0. The van der Waals surface area contributed by atoms with E-state index in [9.17, 15) is 18.0 Å². The van der Waals surface area contributed by atoms with Gasteiger partial charge in [0.2, 0.25) is 0 Å². The fourth-order valence-corrected chi connectivity index (χ4v) is 2.07. The molecule has 0 aliphatic carbocycles. The smallest absolute Gasteiger partial charge is 0.351 e. The summed E-state index contributed by atoms with van der Waals surface area (Å²) >= 11 is 0. The lowest BCUT2D eigenvalue weighted by molar-refractivity contribution is -0.143. The van der Waals surface area contributed by atoms with Crippen LogP contribution in [0, 0.1) is 6.92 Å². The molecule has 0 unspecified atom stereocenters. The molecule has 1 heterocycles. The summed E-state index contributed by atoms with van der Waals surface area (Å²) in [6.07, 6.45) is -3.76. The van der Waals surface area contributed by atoms with E-state index in [-0.39, 0.29) is 12.2 Å². The number of alkyl halides is 3. The Morgan fingerprint density at radius 2 is 1.87 bits per heavy atom. The zero-order valence-electron chi connectivity index (χ0n) is 12.7. The molecule has 0 radical (unpaired) electrons. The molecule has 0 bridgehead atoms. The fourth-order valence-electron chi connectivity index (χ4n) is 2.07. The lowest BCUT2D eigenvalue weighted by atomic mass is 10.2. The number of hydrogen-bond acceptors (Lipinski definition) is 3. The molecule has 0 fully saturated rings. The van der Waals surface area contributed by atoms with Gasteiger partial charge in [-0.15, -0.1) is 0 Å². The summed E-state index contributed by atoms with van der Waals surface area (Å²) in [5, 5.41) is 8.98. The normalized spacial score (nSPS) is 11.5. The number of benzene rings is 1. The van der Waals surface area contributed by atoms with E-state index in [0.29, 0.717) is 6.54 Å². The highest BCUT2D eigenvalue weighted by molar-refractivity contribution is 5.95. The molecule has 2 N–H and O–H groups in total. The van der Waals surface area contributed by atoms with Gasteiger partial charge in [-0.2, -0.15) is 18.3 Å². The van der Waals surface area contributed by atoms with Crippen LogP contribution in [0.1, 0.15) is 21.6 Å². The van der Waals surface area contributed by atoms with Crippen LogP contribution >= 0.6 is 0 Å². The minimum atomic E-state index is -4.70. The first-order valence-electron chi connectivity index (χ1n) is 6.99. The molecule has 1 aromatic carbocycles. The summed E-state index contributed by atoms with van der Waals surface area (Å²) < 4.78 is 41.0. The maximum Gasteiger partial charge on any atom is 0.434 e. The molecule has 1 aromatic heterocycles. The molecular weight excluding hydrogens is 309 g/mol. The molecule has 5 nitrogen and oxygen atoms in total. The number of hydrogen-bond donors (Lipinski definition) is 2. The fraction of sp³-hybridized carbons (Fsp3) is 0.333. The first-order valence-corrected chi connectivity index (χ1v) is 6.99. The van der Waals surface area contributed by atoms with E-state index in [4.69, 9.17) is 0 Å². The zero-order valence-corrected chi connectivity index (χ0v) is 12.7. The highest BCUT2D eigenvalue weighted by Crippen LogP contribution is 2.33. The van der Waals surface area contributed by atoms with Gasteiger partial charge in [0, 0.05) is 13.1 Å². The number of halogens is 3. The number of rotatable bonds is 5. The highest BCUT2D eigenvalue weighted by Gasteiger charge is 2.40. The van der Waals surface area contributed by atoms with Gasteiger partial charge in [-0.1, -0.05) is 17.7 Å². The van der Waals surface area contributed by atoms with E-state index < -0.39 is 23.3 Å². The Balaban J connectivity index is 2.41. The number of carbonyl (C=O) groups excluding carboxylic acids is 1. The van der Waals surface area contributed by atoms with Crippen molar-refractivity contribution < 1.29 is 18.0 Å². The SMILES string of the molecule is CNCCNC(=O)c1cnn(-c2ccc(C)cc2)c1C(F)(F)F. The van der Waals surface area contributed by atoms with Gasteiger partial charge in [0.05, 0.1) is 17.4 Å². The van der Waals surface area contributed by atoms with Crippen molar-refractivity contribution in [1.29, 1.82) is 0 Å². The maximum atomic E-state index is 13.4. The number of amides is 1. The predicted octanol–water partition coefficient (Wildman–Crippen LogP) is 2.15. The topological polar surface area (TPSA) is 58.9 Å². The van der Waals surface area contributed by atoms with Gasteiger partial charge in [0.15, 0.2) is 5.69 Å². The summed E-state index contributed by atoms with van der Waals surface area (Å²) in [7, 11) is 1.68. The van der Waals surface area contributed by atoms with E-state index in [1.54, 1.807) is 19.2 Å². The molecule has 0 saturated heterocycles. The second kappa shape index (κ2) is 6.82. The molecule has 124 valence electrons. The number of nitrogens with one attached hydrogen (secondary N) is 2. The Bertz CT molecular complexity index is 677. The third-order valence-electron chi connectivity index (χ3n) is 3.22. The Kier molecular flexibility index (Phi) is 5.05. The van der Waals surface area contributed by atoms with Crippen molar-refractivity contribution in [2.24, 2.45) is 0 Å². The maximum absolute atomic E-state index is 13.4. The third kappa shape index (κ3) is 3.89. The van der Waals surface area contributed by atoms with Gasteiger partial charge in [-0.05, 0) is 26.1 Å². The van der Waals surface area contributed by atoms with Crippen LogP contribution in [0.15, 0.2) is 30.5 Å². The predicted molar refractivity (Wildman–Crippen MR) is 79.6 cm³/mol. The van der Waals surface area contributed by atoms with E-state index in [0.717, 1.165) is 16.4 Å². The molecule has 0 atom stereocenters. The van der Waals surface area contributed by atoms with Crippen LogP contribution in [0.2, 0.25) is 0 Å². The minimum absolute atomic E-state index is 0.225.